The molecule has 0 saturated carbocycles. The molecule has 0 unspecified atom stereocenters. The van der Waals surface area contributed by atoms with Crippen LogP contribution in [0.1, 0.15) is 6.42 Å². The topological polar surface area (TPSA) is 63.5 Å². The molecule has 0 atom stereocenters. The van der Waals surface area contributed by atoms with Gasteiger partial charge >= 0.3 is 0 Å². The van der Waals surface area contributed by atoms with E-state index < -0.39 is 0 Å². The second-order valence-electron chi connectivity index (χ2n) is 4.58. The van der Waals surface area contributed by atoms with E-state index in [1.54, 1.807) is 11.8 Å². The fraction of sp³-hybridized carbons (Fsp3) is 0.133. The van der Waals surface area contributed by atoms with Crippen LogP contribution in [0.25, 0.3) is 0 Å². The van der Waals surface area contributed by atoms with Crippen LogP contribution in [0.4, 0.5) is 11.4 Å². The lowest BCUT2D eigenvalue weighted by Gasteiger charge is -2.32. The van der Waals surface area contributed by atoms with Crippen molar-refractivity contribution in [1.29, 1.82) is 0 Å². The second-order valence-corrected chi connectivity index (χ2v) is 5.66. The van der Waals surface area contributed by atoms with Crippen molar-refractivity contribution in [2.24, 2.45) is 5.73 Å². The Morgan fingerprint density at radius 1 is 1.05 bits per heavy atom. The minimum absolute atomic E-state index is 0.373. The molecule has 1 aliphatic rings. The Kier molecular flexibility index (Phi) is 3.52. The SMILES string of the molecule is NC(CCN1c2ccccc2Sc2ccccc21)=[NH+]O. The zero-order valence-corrected chi connectivity index (χ0v) is 11.7. The molecule has 4 N–H and O–H groups in total. The third kappa shape index (κ3) is 2.32. The fourth-order valence-corrected chi connectivity index (χ4v) is 3.41. The first-order valence-corrected chi connectivity index (χ1v) is 7.26. The van der Waals surface area contributed by atoms with E-state index in [2.05, 4.69) is 29.2 Å². The van der Waals surface area contributed by atoms with Gasteiger partial charge in [0.05, 0.1) is 17.8 Å². The Morgan fingerprint density at radius 3 is 2.15 bits per heavy atom. The fourth-order valence-electron chi connectivity index (χ4n) is 2.31. The van der Waals surface area contributed by atoms with Crippen molar-refractivity contribution in [3.63, 3.8) is 0 Å². The normalized spacial score (nSPS) is 13.8. The molecule has 0 aliphatic carbocycles. The number of hydrogen-bond acceptors (Lipinski definition) is 3. The quantitative estimate of drug-likeness (QED) is 0.346. The van der Waals surface area contributed by atoms with Gasteiger partial charge in [-0.15, -0.1) is 0 Å². The van der Waals surface area contributed by atoms with Gasteiger partial charge in [-0.3, -0.25) is 5.73 Å². The summed E-state index contributed by atoms with van der Waals surface area (Å²) in [5, 5.41) is 10.8. The number of para-hydroxylation sites is 2. The lowest BCUT2D eigenvalue weighted by molar-refractivity contribution is -0.738. The smallest absolute Gasteiger partial charge is 0.280 e. The molecule has 0 amide bonds. The molecule has 0 spiro atoms. The Morgan fingerprint density at radius 2 is 1.60 bits per heavy atom. The average molecular weight is 286 g/mol. The maximum atomic E-state index is 8.82. The van der Waals surface area contributed by atoms with E-state index in [4.69, 9.17) is 10.9 Å². The van der Waals surface area contributed by atoms with Crippen LogP contribution in [0, 0.1) is 0 Å². The molecule has 5 heteroatoms. The Bertz CT molecular complexity index is 612. The van der Waals surface area contributed by atoms with E-state index in [0.29, 0.717) is 18.8 Å². The predicted molar refractivity (Wildman–Crippen MR) is 80.6 cm³/mol. The lowest BCUT2D eigenvalue weighted by Crippen LogP contribution is -2.71. The maximum Gasteiger partial charge on any atom is 0.280 e. The highest BCUT2D eigenvalue weighted by Crippen LogP contribution is 2.47. The minimum atomic E-state index is 0.373. The summed E-state index contributed by atoms with van der Waals surface area (Å²) in [4.78, 5) is 4.72. The van der Waals surface area contributed by atoms with Crippen LogP contribution in [0.3, 0.4) is 0 Å². The van der Waals surface area contributed by atoms with Crippen LogP contribution in [0.2, 0.25) is 0 Å². The van der Waals surface area contributed by atoms with Crippen molar-refractivity contribution in [3.05, 3.63) is 48.5 Å². The molecule has 1 heterocycles. The molecule has 0 radical (unpaired) electrons. The predicted octanol–water partition coefficient (Wildman–Crippen LogP) is 1.51. The van der Waals surface area contributed by atoms with Gasteiger partial charge in [-0.1, -0.05) is 41.2 Å². The molecule has 102 valence electrons. The number of anilines is 2. The first-order valence-electron chi connectivity index (χ1n) is 6.44. The number of hydrogen-bond donors (Lipinski definition) is 3. The number of benzene rings is 2. The van der Waals surface area contributed by atoms with Crippen LogP contribution in [0.15, 0.2) is 58.3 Å². The molecule has 4 nitrogen and oxygen atoms in total. The van der Waals surface area contributed by atoms with Gasteiger partial charge in [0.25, 0.3) is 5.84 Å². The summed E-state index contributed by atoms with van der Waals surface area (Å²) < 4.78 is 0. The highest BCUT2D eigenvalue weighted by Gasteiger charge is 2.22. The molecule has 0 fully saturated rings. The van der Waals surface area contributed by atoms with Crippen molar-refractivity contribution in [1.82, 2.24) is 0 Å². The summed E-state index contributed by atoms with van der Waals surface area (Å²) in [5.74, 6) is 0.373. The zero-order valence-electron chi connectivity index (χ0n) is 10.9. The highest BCUT2D eigenvalue weighted by atomic mass is 32.2. The minimum Gasteiger partial charge on any atom is -0.357 e. The molecule has 20 heavy (non-hydrogen) atoms. The highest BCUT2D eigenvalue weighted by molar-refractivity contribution is 7.99. The van der Waals surface area contributed by atoms with Gasteiger partial charge in [0.15, 0.2) is 0 Å². The maximum absolute atomic E-state index is 8.82. The number of nitrogens with zero attached hydrogens (tertiary/aromatic N) is 1. The number of nitrogens with one attached hydrogen (secondary N) is 1. The lowest BCUT2D eigenvalue weighted by atomic mass is 10.2. The van der Waals surface area contributed by atoms with Gasteiger partial charge in [0, 0.05) is 16.3 Å². The van der Waals surface area contributed by atoms with Crippen molar-refractivity contribution in [3.8, 4) is 0 Å². The molecule has 0 aromatic heterocycles. The van der Waals surface area contributed by atoms with Crippen molar-refractivity contribution >= 4 is 29.0 Å². The van der Waals surface area contributed by atoms with Crippen LogP contribution in [-0.2, 0) is 0 Å². The Labute approximate surface area is 121 Å². The van der Waals surface area contributed by atoms with Crippen LogP contribution >= 0.6 is 11.8 Å². The molecular weight excluding hydrogens is 270 g/mol. The van der Waals surface area contributed by atoms with E-state index in [0.717, 1.165) is 0 Å². The summed E-state index contributed by atoms with van der Waals surface area (Å²) in [5.41, 5.74) is 8.02. The van der Waals surface area contributed by atoms with Crippen LogP contribution in [-0.4, -0.2) is 17.6 Å². The first kappa shape index (κ1) is 12.9. The van der Waals surface area contributed by atoms with E-state index in [1.807, 2.05) is 29.4 Å². The number of nitrogens with two attached hydrogens (primary N) is 1. The van der Waals surface area contributed by atoms with Gasteiger partial charge in [0.2, 0.25) is 0 Å². The standard InChI is InChI=1S/C15H15N3OS/c16-15(17-19)9-10-18-11-5-1-3-7-13(11)20-14-8-4-2-6-12(14)18/h1-8,19H,9-10H2,(H2,16,17)/p+1. The molecule has 0 bridgehead atoms. The number of amidine groups is 1. The third-order valence-electron chi connectivity index (χ3n) is 3.28. The summed E-state index contributed by atoms with van der Waals surface area (Å²) in [7, 11) is 0. The van der Waals surface area contributed by atoms with Gasteiger partial charge in [0.1, 0.15) is 0 Å². The average Bonchev–Trinajstić information content (AvgIpc) is 2.51. The molecular formula is C15H16N3OS+. The van der Waals surface area contributed by atoms with Crippen molar-refractivity contribution in [2.45, 2.75) is 16.2 Å². The molecule has 1 aliphatic heterocycles. The monoisotopic (exact) mass is 286 g/mol. The zero-order chi connectivity index (χ0) is 13.9. The van der Waals surface area contributed by atoms with Crippen LogP contribution < -0.4 is 15.8 Å². The van der Waals surface area contributed by atoms with E-state index >= 15 is 0 Å². The largest absolute Gasteiger partial charge is 0.357 e. The molecule has 0 saturated heterocycles. The summed E-state index contributed by atoms with van der Waals surface area (Å²) in [6, 6.07) is 16.7. The van der Waals surface area contributed by atoms with Gasteiger partial charge < -0.3 is 10.1 Å². The number of rotatable bonds is 3. The van der Waals surface area contributed by atoms with Gasteiger partial charge in [-0.25, -0.2) is 0 Å². The van der Waals surface area contributed by atoms with Gasteiger partial charge in [-0.05, 0) is 24.3 Å². The Balaban J connectivity index is 1.99. The van der Waals surface area contributed by atoms with E-state index in [-0.39, 0.29) is 0 Å². The summed E-state index contributed by atoms with van der Waals surface area (Å²) >= 11 is 1.78. The van der Waals surface area contributed by atoms with Gasteiger partial charge in [-0.2, -0.15) is 0 Å². The summed E-state index contributed by atoms with van der Waals surface area (Å²) in [6.07, 6.45) is 0.573. The second kappa shape index (κ2) is 5.46. The van der Waals surface area contributed by atoms with Crippen LogP contribution in [0.5, 0.6) is 0 Å². The third-order valence-corrected chi connectivity index (χ3v) is 4.41. The van der Waals surface area contributed by atoms with Crippen molar-refractivity contribution in [2.75, 3.05) is 11.4 Å². The van der Waals surface area contributed by atoms with Crippen molar-refractivity contribution < 1.29 is 10.4 Å². The molecule has 2 aromatic carbocycles. The Hall–Kier alpha value is -2.14. The van der Waals surface area contributed by atoms with E-state index in [9.17, 15) is 0 Å². The molecule has 3 rings (SSSR count). The number of fused-ring (bicyclic) bond motifs is 2. The van der Waals surface area contributed by atoms with E-state index in [1.165, 1.54) is 21.2 Å². The molecule has 2 aromatic rings. The first-order chi connectivity index (χ1) is 9.79. The summed E-state index contributed by atoms with van der Waals surface area (Å²) in [6.45, 7) is 0.716.